The van der Waals surface area contributed by atoms with Crippen molar-refractivity contribution < 1.29 is 5.11 Å². The molecule has 0 aliphatic carbocycles. The van der Waals surface area contributed by atoms with Crippen LogP contribution in [0.15, 0.2) is 36.4 Å². The Morgan fingerprint density at radius 1 is 0.793 bits per heavy atom. The van der Waals surface area contributed by atoms with Crippen LogP contribution in [0.1, 0.15) is 96.2 Å². The molecular formula is C25H39N3O. The lowest BCUT2D eigenvalue weighted by Gasteiger charge is -1.99. The molecule has 0 aliphatic rings. The molecule has 0 unspecified atom stereocenters. The molecule has 0 amide bonds. The van der Waals surface area contributed by atoms with Crippen LogP contribution in [0.5, 0.6) is 5.75 Å². The minimum atomic E-state index is 0.262. The first-order valence-electron chi connectivity index (χ1n) is 11.6. The fraction of sp³-hybridized carbons (Fsp3) is 0.600. The fourth-order valence-corrected chi connectivity index (χ4v) is 3.51. The lowest BCUT2D eigenvalue weighted by molar-refractivity contribution is 0.475. The third-order valence-corrected chi connectivity index (χ3v) is 5.33. The summed E-state index contributed by atoms with van der Waals surface area (Å²) in [6.07, 6.45) is 22.8. The SMILES string of the molecule is CCCCCCCC/C=C\CCCCCCCc1nc(-c2ccc(O)cc2)n[nH]1. The van der Waals surface area contributed by atoms with Gasteiger partial charge in [-0.1, -0.05) is 70.4 Å². The minimum absolute atomic E-state index is 0.262. The largest absolute Gasteiger partial charge is 0.508 e. The van der Waals surface area contributed by atoms with Crippen LogP contribution < -0.4 is 0 Å². The predicted molar refractivity (Wildman–Crippen MR) is 122 cm³/mol. The standard InChI is InChI=1S/C25H39N3O/c1-2-3-4-5-6-7-8-9-10-11-12-13-14-15-16-17-24-26-25(28-27-24)22-18-20-23(29)21-19-22/h9-10,18-21,29H,2-8,11-17H2,1H3,(H,26,27,28)/b10-9-. The molecule has 4 heteroatoms. The van der Waals surface area contributed by atoms with Gasteiger partial charge in [0.2, 0.25) is 0 Å². The molecule has 160 valence electrons. The van der Waals surface area contributed by atoms with E-state index in [2.05, 4.69) is 34.3 Å². The highest BCUT2D eigenvalue weighted by Crippen LogP contribution is 2.18. The Morgan fingerprint density at radius 2 is 1.38 bits per heavy atom. The van der Waals surface area contributed by atoms with E-state index in [0.29, 0.717) is 5.82 Å². The second kappa shape index (κ2) is 14.8. The second-order valence-electron chi connectivity index (χ2n) is 7.99. The number of benzene rings is 1. The third-order valence-electron chi connectivity index (χ3n) is 5.33. The number of nitrogens with one attached hydrogen (secondary N) is 1. The number of aromatic nitrogens is 3. The van der Waals surface area contributed by atoms with E-state index in [4.69, 9.17) is 0 Å². The van der Waals surface area contributed by atoms with E-state index in [1.165, 1.54) is 77.0 Å². The van der Waals surface area contributed by atoms with Gasteiger partial charge in [-0.15, -0.1) is 0 Å². The van der Waals surface area contributed by atoms with E-state index in [0.717, 1.165) is 24.2 Å². The fourth-order valence-electron chi connectivity index (χ4n) is 3.51. The van der Waals surface area contributed by atoms with E-state index in [-0.39, 0.29) is 5.75 Å². The summed E-state index contributed by atoms with van der Waals surface area (Å²) in [7, 11) is 0. The van der Waals surface area contributed by atoms with Crippen LogP contribution in [0.3, 0.4) is 0 Å². The van der Waals surface area contributed by atoms with Gasteiger partial charge in [0.25, 0.3) is 0 Å². The lowest BCUT2D eigenvalue weighted by atomic mass is 10.1. The number of aromatic amines is 1. The molecule has 2 rings (SSSR count). The summed E-state index contributed by atoms with van der Waals surface area (Å²) in [5.74, 6) is 1.91. The number of H-pyrrole nitrogens is 1. The molecule has 29 heavy (non-hydrogen) atoms. The van der Waals surface area contributed by atoms with Crippen LogP contribution in [0.4, 0.5) is 0 Å². The van der Waals surface area contributed by atoms with Gasteiger partial charge < -0.3 is 5.11 Å². The molecule has 0 fully saturated rings. The number of nitrogens with zero attached hydrogens (tertiary/aromatic N) is 2. The first-order chi connectivity index (χ1) is 14.3. The van der Waals surface area contributed by atoms with Gasteiger partial charge in [-0.3, -0.25) is 5.10 Å². The zero-order chi connectivity index (χ0) is 20.6. The number of allylic oxidation sites excluding steroid dienone is 2. The Bertz CT molecular complexity index is 676. The van der Waals surface area contributed by atoms with Gasteiger partial charge in [0.15, 0.2) is 5.82 Å². The average molecular weight is 398 g/mol. The van der Waals surface area contributed by atoms with Crippen molar-refractivity contribution in [2.45, 2.75) is 96.8 Å². The van der Waals surface area contributed by atoms with Gasteiger partial charge in [-0.05, 0) is 56.4 Å². The summed E-state index contributed by atoms with van der Waals surface area (Å²) in [5, 5.41) is 16.7. The molecule has 0 spiro atoms. The summed E-state index contributed by atoms with van der Waals surface area (Å²) >= 11 is 0. The molecule has 0 bridgehead atoms. The predicted octanol–water partition coefficient (Wildman–Crippen LogP) is 7.37. The number of phenolic OH excluding ortho intramolecular Hbond substituents is 1. The highest BCUT2D eigenvalue weighted by atomic mass is 16.3. The molecule has 0 radical (unpaired) electrons. The highest BCUT2D eigenvalue weighted by Gasteiger charge is 2.05. The Kier molecular flexibility index (Phi) is 11.9. The molecule has 0 atom stereocenters. The summed E-state index contributed by atoms with van der Waals surface area (Å²) in [5.41, 5.74) is 0.926. The van der Waals surface area contributed by atoms with Crippen LogP contribution in [0, 0.1) is 0 Å². The topological polar surface area (TPSA) is 61.8 Å². The van der Waals surface area contributed by atoms with E-state index < -0.39 is 0 Å². The number of unbranched alkanes of at least 4 members (excludes halogenated alkanes) is 11. The van der Waals surface area contributed by atoms with Gasteiger partial charge in [0.1, 0.15) is 11.6 Å². The highest BCUT2D eigenvalue weighted by molar-refractivity contribution is 5.55. The van der Waals surface area contributed by atoms with E-state index in [9.17, 15) is 5.11 Å². The molecule has 2 N–H and O–H groups in total. The maximum Gasteiger partial charge on any atom is 0.181 e. The molecule has 0 saturated carbocycles. The zero-order valence-corrected chi connectivity index (χ0v) is 18.2. The normalized spacial score (nSPS) is 11.5. The van der Waals surface area contributed by atoms with Gasteiger partial charge in [0, 0.05) is 12.0 Å². The van der Waals surface area contributed by atoms with Crippen molar-refractivity contribution >= 4 is 0 Å². The van der Waals surface area contributed by atoms with Crippen molar-refractivity contribution in [2.24, 2.45) is 0 Å². The molecule has 1 aromatic carbocycles. The molecule has 1 aromatic heterocycles. The first-order valence-corrected chi connectivity index (χ1v) is 11.6. The van der Waals surface area contributed by atoms with Gasteiger partial charge in [-0.2, -0.15) is 5.10 Å². The molecular weight excluding hydrogens is 358 g/mol. The lowest BCUT2D eigenvalue weighted by Crippen LogP contribution is -1.89. The van der Waals surface area contributed by atoms with Gasteiger partial charge in [-0.25, -0.2) is 4.98 Å². The second-order valence-corrected chi connectivity index (χ2v) is 7.99. The molecule has 2 aromatic rings. The molecule has 0 saturated heterocycles. The Balaban J connectivity index is 1.43. The maximum atomic E-state index is 9.36. The smallest absolute Gasteiger partial charge is 0.181 e. The Labute approximate surface area is 176 Å². The third kappa shape index (κ3) is 10.3. The molecule has 4 nitrogen and oxygen atoms in total. The van der Waals surface area contributed by atoms with Gasteiger partial charge >= 0.3 is 0 Å². The average Bonchev–Trinajstić information content (AvgIpc) is 3.20. The summed E-state index contributed by atoms with van der Waals surface area (Å²) in [6.45, 7) is 2.27. The van der Waals surface area contributed by atoms with Crippen molar-refractivity contribution in [3.8, 4) is 17.1 Å². The maximum absolute atomic E-state index is 9.36. The number of hydrogen-bond acceptors (Lipinski definition) is 3. The number of aryl methyl sites for hydroxylation is 1. The van der Waals surface area contributed by atoms with E-state index >= 15 is 0 Å². The van der Waals surface area contributed by atoms with Crippen LogP contribution in [-0.2, 0) is 6.42 Å². The quantitative estimate of drug-likeness (QED) is 0.230. The van der Waals surface area contributed by atoms with Crippen molar-refractivity contribution in [3.63, 3.8) is 0 Å². The first kappa shape index (κ1) is 23.2. The van der Waals surface area contributed by atoms with Crippen LogP contribution in [-0.4, -0.2) is 20.3 Å². The van der Waals surface area contributed by atoms with Crippen molar-refractivity contribution in [1.82, 2.24) is 15.2 Å². The van der Waals surface area contributed by atoms with Gasteiger partial charge in [0.05, 0.1) is 0 Å². The summed E-state index contributed by atoms with van der Waals surface area (Å²) < 4.78 is 0. The number of rotatable bonds is 16. The van der Waals surface area contributed by atoms with Crippen LogP contribution >= 0.6 is 0 Å². The summed E-state index contributed by atoms with van der Waals surface area (Å²) in [6, 6.07) is 7.00. The number of aromatic hydroxyl groups is 1. The Morgan fingerprint density at radius 3 is 2.03 bits per heavy atom. The Hall–Kier alpha value is -2.10. The number of phenols is 1. The van der Waals surface area contributed by atoms with Crippen molar-refractivity contribution in [3.05, 3.63) is 42.2 Å². The minimum Gasteiger partial charge on any atom is -0.508 e. The summed E-state index contributed by atoms with van der Waals surface area (Å²) in [4.78, 5) is 4.56. The van der Waals surface area contributed by atoms with E-state index in [1.807, 2.05) is 12.1 Å². The zero-order valence-electron chi connectivity index (χ0n) is 18.2. The van der Waals surface area contributed by atoms with E-state index in [1.54, 1.807) is 12.1 Å². The van der Waals surface area contributed by atoms with Crippen LogP contribution in [0.25, 0.3) is 11.4 Å². The van der Waals surface area contributed by atoms with Crippen molar-refractivity contribution in [1.29, 1.82) is 0 Å². The molecule has 1 heterocycles. The monoisotopic (exact) mass is 397 g/mol. The van der Waals surface area contributed by atoms with Crippen LogP contribution in [0.2, 0.25) is 0 Å². The number of hydrogen-bond donors (Lipinski definition) is 2. The molecule has 0 aliphatic heterocycles. The van der Waals surface area contributed by atoms with Crippen molar-refractivity contribution in [2.75, 3.05) is 0 Å².